The average Bonchev–Trinajstić information content (AvgIpc) is 2.54. The minimum absolute atomic E-state index is 0.251. The van der Waals surface area contributed by atoms with Crippen molar-refractivity contribution in [2.75, 3.05) is 27.7 Å². The van der Waals surface area contributed by atoms with Gasteiger partial charge in [-0.05, 0) is 34.5 Å². The van der Waals surface area contributed by atoms with Crippen LogP contribution in [0.2, 0.25) is 0 Å². The summed E-state index contributed by atoms with van der Waals surface area (Å²) in [6.07, 6.45) is 19.7. The quantitative estimate of drug-likeness (QED) is 0.253. The number of hydrogen-bond donors (Lipinski definition) is 1. The van der Waals surface area contributed by atoms with Crippen LogP contribution in [0.4, 0.5) is 0 Å². The molecule has 0 bridgehead atoms. The molecule has 0 spiro atoms. The normalized spacial score (nSPS) is 14.4. The van der Waals surface area contributed by atoms with Gasteiger partial charge in [0.15, 0.2) is 0 Å². The molecule has 0 saturated heterocycles. The second kappa shape index (κ2) is 17.3. The Balaban J connectivity index is 3.49. The third-order valence-corrected chi connectivity index (χ3v) is 5.22. The van der Waals surface area contributed by atoms with E-state index in [2.05, 4.69) is 37.9 Å². The molecule has 0 aliphatic heterocycles. The number of hydrogen-bond acceptors (Lipinski definition) is 3. The van der Waals surface area contributed by atoms with Crippen LogP contribution >= 0.6 is 0 Å². The highest BCUT2D eigenvalue weighted by molar-refractivity contribution is 4.68. The van der Waals surface area contributed by atoms with E-state index in [1.54, 1.807) is 0 Å². The Bertz CT molecular complexity index is 269. The molecule has 0 aromatic rings. The third kappa shape index (κ3) is 15.8. The van der Waals surface area contributed by atoms with Crippen molar-refractivity contribution in [1.29, 1.82) is 0 Å². The lowest BCUT2D eigenvalue weighted by Crippen LogP contribution is -2.45. The summed E-state index contributed by atoms with van der Waals surface area (Å²) >= 11 is 0. The molecule has 0 fully saturated rings. The van der Waals surface area contributed by atoms with E-state index in [-0.39, 0.29) is 6.10 Å². The molecule has 152 valence electrons. The average molecular weight is 357 g/mol. The van der Waals surface area contributed by atoms with Crippen molar-refractivity contribution in [3.63, 3.8) is 0 Å². The molecule has 0 aliphatic carbocycles. The summed E-state index contributed by atoms with van der Waals surface area (Å²) in [4.78, 5) is 4.56. The molecule has 2 unspecified atom stereocenters. The lowest BCUT2D eigenvalue weighted by Gasteiger charge is -2.34. The van der Waals surface area contributed by atoms with Gasteiger partial charge in [-0.1, -0.05) is 90.4 Å². The van der Waals surface area contributed by atoms with E-state index in [0.29, 0.717) is 6.17 Å². The highest BCUT2D eigenvalue weighted by Crippen LogP contribution is 2.15. The Morgan fingerprint density at radius 2 is 1.08 bits per heavy atom. The fourth-order valence-electron chi connectivity index (χ4n) is 3.76. The maximum atomic E-state index is 9.58. The van der Waals surface area contributed by atoms with Crippen LogP contribution in [0.3, 0.4) is 0 Å². The number of unbranched alkanes of at least 4 members (excludes halogenated alkanes) is 12. The predicted molar refractivity (Wildman–Crippen MR) is 112 cm³/mol. The summed E-state index contributed by atoms with van der Waals surface area (Å²) in [5, 5.41) is 9.58. The first-order valence-corrected chi connectivity index (χ1v) is 11.0. The summed E-state index contributed by atoms with van der Waals surface area (Å²) < 4.78 is 0. The second-order valence-corrected chi connectivity index (χ2v) is 8.26. The van der Waals surface area contributed by atoms with Crippen LogP contribution in [-0.4, -0.2) is 54.9 Å². The van der Waals surface area contributed by atoms with E-state index >= 15 is 0 Å². The fraction of sp³-hybridized carbons (Fsp3) is 1.00. The smallest absolute Gasteiger partial charge is 0.0639 e. The molecule has 0 rings (SSSR count). The minimum Gasteiger partial charge on any atom is -0.392 e. The SMILES string of the molecule is CCCCCCCCCCCCCCCC(N(C)C)N(C)CC(C)O. The zero-order valence-electron chi connectivity index (χ0n) is 18.1. The van der Waals surface area contributed by atoms with Gasteiger partial charge in [0.1, 0.15) is 0 Å². The van der Waals surface area contributed by atoms with Gasteiger partial charge in [-0.15, -0.1) is 0 Å². The van der Waals surface area contributed by atoms with E-state index < -0.39 is 0 Å². The van der Waals surface area contributed by atoms with Gasteiger partial charge in [-0.25, -0.2) is 0 Å². The molecule has 0 heterocycles. The summed E-state index contributed by atoms with van der Waals surface area (Å²) in [5.41, 5.74) is 0. The summed E-state index contributed by atoms with van der Waals surface area (Å²) in [6.45, 7) is 4.91. The first-order chi connectivity index (χ1) is 12.0. The van der Waals surface area contributed by atoms with Crippen molar-refractivity contribution < 1.29 is 5.11 Å². The van der Waals surface area contributed by atoms with Gasteiger partial charge in [-0.2, -0.15) is 0 Å². The van der Waals surface area contributed by atoms with Crippen molar-refractivity contribution >= 4 is 0 Å². The highest BCUT2D eigenvalue weighted by Gasteiger charge is 2.17. The van der Waals surface area contributed by atoms with Crippen LogP contribution in [-0.2, 0) is 0 Å². The van der Waals surface area contributed by atoms with Crippen molar-refractivity contribution in [3.8, 4) is 0 Å². The van der Waals surface area contributed by atoms with Crippen LogP contribution in [0.25, 0.3) is 0 Å². The van der Waals surface area contributed by atoms with E-state index in [9.17, 15) is 5.11 Å². The van der Waals surface area contributed by atoms with Gasteiger partial charge >= 0.3 is 0 Å². The molecule has 0 aromatic heterocycles. The number of aliphatic hydroxyl groups excluding tert-OH is 1. The standard InChI is InChI=1S/C22H48N2O/c1-6-7-8-9-10-11-12-13-14-15-16-17-18-19-22(23(3)4)24(5)20-21(2)25/h21-22,25H,6-20H2,1-5H3. The second-order valence-electron chi connectivity index (χ2n) is 8.26. The number of aliphatic hydroxyl groups is 1. The largest absolute Gasteiger partial charge is 0.392 e. The van der Waals surface area contributed by atoms with Crippen molar-refractivity contribution in [1.82, 2.24) is 9.80 Å². The first kappa shape index (κ1) is 24.9. The highest BCUT2D eigenvalue weighted by atomic mass is 16.3. The van der Waals surface area contributed by atoms with Crippen LogP contribution in [0.5, 0.6) is 0 Å². The molecule has 3 nitrogen and oxygen atoms in total. The maximum Gasteiger partial charge on any atom is 0.0639 e. The zero-order chi connectivity index (χ0) is 18.9. The Morgan fingerprint density at radius 1 is 0.680 bits per heavy atom. The predicted octanol–water partition coefficient (Wildman–Crippen LogP) is 5.67. The third-order valence-electron chi connectivity index (χ3n) is 5.22. The van der Waals surface area contributed by atoms with Crippen LogP contribution in [0, 0.1) is 0 Å². The van der Waals surface area contributed by atoms with E-state index in [1.165, 1.54) is 89.9 Å². The molecule has 0 aliphatic rings. The fourth-order valence-corrected chi connectivity index (χ4v) is 3.76. The monoisotopic (exact) mass is 356 g/mol. The molecule has 0 radical (unpaired) electrons. The molecule has 25 heavy (non-hydrogen) atoms. The topological polar surface area (TPSA) is 26.7 Å². The number of rotatable bonds is 18. The molecule has 0 saturated carbocycles. The van der Waals surface area contributed by atoms with Crippen molar-refractivity contribution in [2.45, 2.75) is 116 Å². The van der Waals surface area contributed by atoms with Crippen LogP contribution < -0.4 is 0 Å². The maximum absolute atomic E-state index is 9.58. The van der Waals surface area contributed by atoms with Crippen LogP contribution in [0.15, 0.2) is 0 Å². The van der Waals surface area contributed by atoms with Crippen molar-refractivity contribution in [3.05, 3.63) is 0 Å². The van der Waals surface area contributed by atoms with E-state index in [1.807, 2.05) is 6.92 Å². The Hall–Kier alpha value is -0.120. The zero-order valence-corrected chi connectivity index (χ0v) is 18.1. The Labute approximate surface area is 159 Å². The lowest BCUT2D eigenvalue weighted by molar-refractivity contribution is 0.0511. The number of likely N-dealkylation sites (N-methyl/N-ethyl adjacent to an activating group) is 1. The van der Waals surface area contributed by atoms with Gasteiger partial charge < -0.3 is 5.11 Å². The molecular formula is C22H48N2O. The molecule has 0 amide bonds. The minimum atomic E-state index is -0.251. The van der Waals surface area contributed by atoms with Crippen LogP contribution in [0.1, 0.15) is 104 Å². The number of nitrogens with zero attached hydrogens (tertiary/aromatic N) is 2. The Morgan fingerprint density at radius 3 is 1.44 bits per heavy atom. The van der Waals surface area contributed by atoms with Gasteiger partial charge in [0.05, 0.1) is 12.3 Å². The molecular weight excluding hydrogens is 308 g/mol. The van der Waals surface area contributed by atoms with Gasteiger partial charge in [0.25, 0.3) is 0 Å². The van der Waals surface area contributed by atoms with Gasteiger partial charge in [-0.3, -0.25) is 9.80 Å². The lowest BCUT2D eigenvalue weighted by atomic mass is 10.0. The first-order valence-electron chi connectivity index (χ1n) is 11.0. The molecule has 0 aromatic carbocycles. The molecule has 3 heteroatoms. The van der Waals surface area contributed by atoms with E-state index in [4.69, 9.17) is 0 Å². The Kier molecular flexibility index (Phi) is 17.2. The summed E-state index contributed by atoms with van der Waals surface area (Å²) in [5.74, 6) is 0. The molecule has 1 N–H and O–H groups in total. The summed E-state index contributed by atoms with van der Waals surface area (Å²) in [7, 11) is 6.41. The van der Waals surface area contributed by atoms with Gasteiger partial charge in [0.2, 0.25) is 0 Å². The van der Waals surface area contributed by atoms with Gasteiger partial charge in [0, 0.05) is 6.54 Å². The van der Waals surface area contributed by atoms with Crippen molar-refractivity contribution in [2.24, 2.45) is 0 Å². The van der Waals surface area contributed by atoms with E-state index in [0.717, 1.165) is 6.54 Å². The molecule has 2 atom stereocenters. The summed E-state index contributed by atoms with van der Waals surface area (Å²) in [6, 6.07) is 0.